The number of benzene rings is 1. The largest absolute Gasteiger partial charge is 0.299 e. The Labute approximate surface area is 91.4 Å². The van der Waals surface area contributed by atoms with Crippen LogP contribution in [-0.2, 0) is 0 Å². The van der Waals surface area contributed by atoms with E-state index in [9.17, 15) is 0 Å². The van der Waals surface area contributed by atoms with Gasteiger partial charge in [-0.25, -0.2) is 0 Å². The number of likely N-dealkylation sites (tertiary alicyclic amines) is 1. The molecule has 2 atom stereocenters. The van der Waals surface area contributed by atoms with E-state index in [-0.39, 0.29) is 0 Å². The van der Waals surface area contributed by atoms with Gasteiger partial charge < -0.3 is 0 Å². The summed E-state index contributed by atoms with van der Waals surface area (Å²) in [7, 11) is 2.23. The van der Waals surface area contributed by atoms with Crippen LogP contribution in [0.4, 0.5) is 0 Å². The van der Waals surface area contributed by atoms with Crippen molar-refractivity contribution in [1.29, 1.82) is 0 Å². The first-order chi connectivity index (χ1) is 7.25. The molecule has 0 aromatic heterocycles. The summed E-state index contributed by atoms with van der Waals surface area (Å²) >= 11 is 0. The van der Waals surface area contributed by atoms with Gasteiger partial charge in [0.05, 0.1) is 0 Å². The van der Waals surface area contributed by atoms with Gasteiger partial charge in [0.15, 0.2) is 0 Å². The van der Waals surface area contributed by atoms with E-state index >= 15 is 0 Å². The van der Waals surface area contributed by atoms with Crippen LogP contribution in [0.3, 0.4) is 0 Å². The molecule has 2 aliphatic rings. The Hall–Kier alpha value is -1.08. The minimum atomic E-state index is 0.699. The smallest absolute Gasteiger partial charge is 0.0287 e. The highest BCUT2D eigenvalue weighted by Gasteiger charge is 2.37. The molecule has 2 unspecified atom stereocenters. The second-order valence-corrected chi connectivity index (χ2v) is 4.88. The molecule has 0 N–H and O–H groups in total. The molecule has 15 heavy (non-hydrogen) atoms. The van der Waals surface area contributed by atoms with Crippen molar-refractivity contribution in [2.45, 2.75) is 19.4 Å². The number of hydrogen-bond donors (Lipinski definition) is 0. The molecule has 3 rings (SSSR count). The van der Waals surface area contributed by atoms with Crippen LogP contribution in [0.2, 0.25) is 0 Å². The minimum Gasteiger partial charge on any atom is -0.299 e. The molecule has 1 fully saturated rings. The SMILES string of the molecule is Cc1ccccc1C1=CC2CC1CN2C. The van der Waals surface area contributed by atoms with E-state index in [1.807, 2.05) is 0 Å². The van der Waals surface area contributed by atoms with Crippen molar-refractivity contribution in [2.75, 3.05) is 13.6 Å². The van der Waals surface area contributed by atoms with E-state index in [0.717, 1.165) is 5.92 Å². The van der Waals surface area contributed by atoms with E-state index in [2.05, 4.69) is 49.2 Å². The fourth-order valence-corrected chi connectivity index (χ4v) is 3.00. The van der Waals surface area contributed by atoms with Gasteiger partial charge in [-0.05, 0) is 43.0 Å². The van der Waals surface area contributed by atoms with Crippen LogP contribution in [0.1, 0.15) is 17.5 Å². The number of fused-ring (bicyclic) bond motifs is 2. The second-order valence-electron chi connectivity index (χ2n) is 4.88. The topological polar surface area (TPSA) is 3.24 Å². The quantitative estimate of drug-likeness (QED) is 0.672. The normalized spacial score (nSPS) is 29.6. The fraction of sp³-hybridized carbons (Fsp3) is 0.429. The lowest BCUT2D eigenvalue weighted by Gasteiger charge is -2.22. The van der Waals surface area contributed by atoms with Gasteiger partial charge in [0, 0.05) is 12.6 Å². The van der Waals surface area contributed by atoms with Crippen molar-refractivity contribution in [1.82, 2.24) is 4.90 Å². The Morgan fingerprint density at radius 1 is 1.27 bits per heavy atom. The molecule has 0 amide bonds. The van der Waals surface area contributed by atoms with Gasteiger partial charge in [0.2, 0.25) is 0 Å². The highest BCUT2D eigenvalue weighted by Crippen LogP contribution is 2.42. The molecule has 1 heterocycles. The van der Waals surface area contributed by atoms with Gasteiger partial charge in [-0.2, -0.15) is 0 Å². The van der Waals surface area contributed by atoms with Gasteiger partial charge in [-0.15, -0.1) is 0 Å². The Bertz CT molecular complexity index is 419. The third-order valence-electron chi connectivity index (χ3n) is 3.87. The monoisotopic (exact) mass is 199 g/mol. The first-order valence-electron chi connectivity index (χ1n) is 5.73. The zero-order valence-corrected chi connectivity index (χ0v) is 9.40. The van der Waals surface area contributed by atoms with E-state index < -0.39 is 0 Å². The first kappa shape index (κ1) is 9.17. The van der Waals surface area contributed by atoms with Crippen molar-refractivity contribution >= 4 is 5.57 Å². The van der Waals surface area contributed by atoms with Gasteiger partial charge in [0.25, 0.3) is 0 Å². The van der Waals surface area contributed by atoms with Gasteiger partial charge >= 0.3 is 0 Å². The molecule has 0 saturated carbocycles. The summed E-state index contributed by atoms with van der Waals surface area (Å²) in [6, 6.07) is 9.45. The maximum atomic E-state index is 2.47. The molecule has 1 heteroatoms. The summed E-state index contributed by atoms with van der Waals surface area (Å²) < 4.78 is 0. The van der Waals surface area contributed by atoms with Crippen LogP contribution in [0.25, 0.3) is 5.57 Å². The lowest BCUT2D eigenvalue weighted by Crippen LogP contribution is -2.25. The Kier molecular flexibility index (Phi) is 1.96. The maximum Gasteiger partial charge on any atom is 0.0287 e. The molecule has 1 aromatic carbocycles. The van der Waals surface area contributed by atoms with Crippen molar-refractivity contribution in [3.8, 4) is 0 Å². The molecule has 1 aliphatic heterocycles. The number of hydrogen-bond acceptors (Lipinski definition) is 1. The number of rotatable bonds is 1. The Balaban J connectivity index is 2.01. The molecule has 1 saturated heterocycles. The highest BCUT2D eigenvalue weighted by molar-refractivity contribution is 5.73. The van der Waals surface area contributed by atoms with Crippen LogP contribution in [0.5, 0.6) is 0 Å². The zero-order chi connectivity index (χ0) is 10.4. The highest BCUT2D eigenvalue weighted by atomic mass is 15.2. The molecule has 1 aliphatic carbocycles. The fourth-order valence-electron chi connectivity index (χ4n) is 3.00. The summed E-state index contributed by atoms with van der Waals surface area (Å²) in [5.41, 5.74) is 4.48. The van der Waals surface area contributed by atoms with Crippen LogP contribution < -0.4 is 0 Å². The summed E-state index contributed by atoms with van der Waals surface area (Å²) in [5.74, 6) is 0.779. The van der Waals surface area contributed by atoms with Crippen LogP contribution in [0, 0.1) is 12.8 Å². The molecule has 0 radical (unpaired) electrons. The zero-order valence-electron chi connectivity index (χ0n) is 9.40. The molecular formula is C14H17N. The molecule has 78 valence electrons. The van der Waals surface area contributed by atoms with E-state index in [1.54, 1.807) is 5.57 Å². The lowest BCUT2D eigenvalue weighted by molar-refractivity contribution is 0.347. The van der Waals surface area contributed by atoms with Crippen molar-refractivity contribution < 1.29 is 0 Å². The standard InChI is InChI=1S/C14H17N/c1-10-5-3-4-6-13(10)14-8-12-7-11(14)9-15(12)2/h3-6,8,11-12H,7,9H2,1-2H3. The van der Waals surface area contributed by atoms with Gasteiger partial charge in [-0.1, -0.05) is 30.3 Å². The molecule has 0 spiro atoms. The Morgan fingerprint density at radius 3 is 2.67 bits per heavy atom. The van der Waals surface area contributed by atoms with Crippen LogP contribution in [0.15, 0.2) is 30.3 Å². The summed E-state index contributed by atoms with van der Waals surface area (Å²) in [4.78, 5) is 2.46. The predicted octanol–water partition coefficient (Wildman–Crippen LogP) is 2.71. The molecule has 1 aromatic rings. The first-order valence-corrected chi connectivity index (χ1v) is 5.73. The third kappa shape index (κ3) is 1.34. The average molecular weight is 199 g/mol. The average Bonchev–Trinajstić information content (AvgIpc) is 2.77. The maximum absolute atomic E-state index is 2.47. The van der Waals surface area contributed by atoms with Crippen molar-refractivity contribution in [3.05, 3.63) is 41.5 Å². The Morgan fingerprint density at radius 2 is 2.07 bits per heavy atom. The number of nitrogens with zero attached hydrogens (tertiary/aromatic N) is 1. The minimum absolute atomic E-state index is 0.699. The third-order valence-corrected chi connectivity index (χ3v) is 3.87. The van der Waals surface area contributed by atoms with E-state index in [0.29, 0.717) is 6.04 Å². The van der Waals surface area contributed by atoms with Crippen molar-refractivity contribution in [2.24, 2.45) is 5.92 Å². The molecule has 2 bridgehead atoms. The van der Waals surface area contributed by atoms with Crippen molar-refractivity contribution in [3.63, 3.8) is 0 Å². The van der Waals surface area contributed by atoms with Crippen LogP contribution in [-0.4, -0.2) is 24.5 Å². The molecule has 1 nitrogen and oxygen atoms in total. The lowest BCUT2D eigenvalue weighted by atomic mass is 9.92. The predicted molar refractivity (Wildman–Crippen MR) is 63.7 cm³/mol. The summed E-state index contributed by atoms with van der Waals surface area (Å²) in [6.07, 6.45) is 3.80. The van der Waals surface area contributed by atoms with Gasteiger partial charge in [0.1, 0.15) is 0 Å². The molecular weight excluding hydrogens is 182 g/mol. The van der Waals surface area contributed by atoms with Crippen LogP contribution >= 0.6 is 0 Å². The summed E-state index contributed by atoms with van der Waals surface area (Å²) in [5, 5.41) is 0. The van der Waals surface area contributed by atoms with E-state index in [4.69, 9.17) is 0 Å². The second kappa shape index (κ2) is 3.21. The van der Waals surface area contributed by atoms with E-state index in [1.165, 1.54) is 24.1 Å². The summed E-state index contributed by atoms with van der Waals surface area (Å²) in [6.45, 7) is 3.46. The van der Waals surface area contributed by atoms with Gasteiger partial charge in [-0.3, -0.25) is 4.90 Å². The number of likely N-dealkylation sites (N-methyl/N-ethyl adjacent to an activating group) is 1. The number of aryl methyl sites for hydroxylation is 1.